The standard InChI is InChI=1S/C13H18N4O4/c1-3-13(9-4-5-9)10(18)16(11(19)14-13)6-7-17-12(20)21-8(2)15-17/h9H,3-7H2,1-2H3,(H,14,19). The molecule has 8 nitrogen and oxygen atoms in total. The van der Waals surface area contributed by atoms with Crippen molar-refractivity contribution >= 4 is 11.9 Å². The number of hydrogen-bond donors (Lipinski definition) is 1. The van der Waals surface area contributed by atoms with Crippen molar-refractivity contribution in [2.24, 2.45) is 5.92 Å². The lowest BCUT2D eigenvalue weighted by Crippen LogP contribution is -2.48. The number of carbonyl (C=O) groups excluding carboxylic acids is 2. The first-order chi connectivity index (χ1) is 9.98. The number of imide groups is 1. The smallest absolute Gasteiger partial charge is 0.393 e. The Morgan fingerprint density at radius 1 is 1.33 bits per heavy atom. The molecule has 2 fully saturated rings. The summed E-state index contributed by atoms with van der Waals surface area (Å²) >= 11 is 0. The van der Waals surface area contributed by atoms with Crippen LogP contribution in [0, 0.1) is 12.8 Å². The van der Waals surface area contributed by atoms with E-state index in [4.69, 9.17) is 4.42 Å². The molecular weight excluding hydrogens is 276 g/mol. The van der Waals surface area contributed by atoms with Crippen molar-refractivity contribution in [1.82, 2.24) is 20.0 Å². The second-order valence-electron chi connectivity index (χ2n) is 5.60. The number of amides is 3. The Bertz CT molecular complexity index is 645. The minimum Gasteiger partial charge on any atom is -0.393 e. The van der Waals surface area contributed by atoms with E-state index >= 15 is 0 Å². The maximum absolute atomic E-state index is 12.6. The van der Waals surface area contributed by atoms with Crippen LogP contribution in [-0.4, -0.2) is 38.7 Å². The van der Waals surface area contributed by atoms with Gasteiger partial charge in [0.05, 0.1) is 13.1 Å². The molecule has 1 N–H and O–H groups in total. The minimum absolute atomic E-state index is 0.116. The van der Waals surface area contributed by atoms with Crippen LogP contribution < -0.4 is 11.1 Å². The van der Waals surface area contributed by atoms with Crippen LogP contribution in [0.2, 0.25) is 0 Å². The van der Waals surface area contributed by atoms with Gasteiger partial charge in [0.2, 0.25) is 5.89 Å². The average molecular weight is 294 g/mol. The van der Waals surface area contributed by atoms with Crippen LogP contribution in [0.5, 0.6) is 0 Å². The Morgan fingerprint density at radius 3 is 2.57 bits per heavy atom. The van der Waals surface area contributed by atoms with E-state index < -0.39 is 11.3 Å². The van der Waals surface area contributed by atoms with E-state index in [2.05, 4.69) is 10.4 Å². The van der Waals surface area contributed by atoms with E-state index in [9.17, 15) is 14.4 Å². The normalized spacial score (nSPS) is 25.5. The lowest BCUT2D eigenvalue weighted by atomic mass is 9.90. The van der Waals surface area contributed by atoms with Crippen molar-refractivity contribution in [3.63, 3.8) is 0 Å². The monoisotopic (exact) mass is 294 g/mol. The highest BCUT2D eigenvalue weighted by Gasteiger charge is 2.57. The fourth-order valence-electron chi connectivity index (χ4n) is 2.98. The summed E-state index contributed by atoms with van der Waals surface area (Å²) in [6, 6.07) is -0.387. The first kappa shape index (κ1) is 13.8. The van der Waals surface area contributed by atoms with Crippen LogP contribution in [0.3, 0.4) is 0 Å². The number of hydrogen-bond acceptors (Lipinski definition) is 5. The molecule has 1 aliphatic heterocycles. The molecule has 0 aromatic carbocycles. The summed E-state index contributed by atoms with van der Waals surface area (Å²) in [5.74, 6) is -0.270. The van der Waals surface area contributed by atoms with Gasteiger partial charge in [-0.1, -0.05) is 6.92 Å². The van der Waals surface area contributed by atoms with Gasteiger partial charge in [0.25, 0.3) is 5.91 Å². The summed E-state index contributed by atoms with van der Waals surface area (Å²) in [6.07, 6.45) is 2.52. The minimum atomic E-state index is -0.748. The van der Waals surface area contributed by atoms with Crippen LogP contribution in [-0.2, 0) is 11.3 Å². The molecule has 3 rings (SSSR count). The van der Waals surface area contributed by atoms with Crippen molar-refractivity contribution in [3.8, 4) is 0 Å². The van der Waals surface area contributed by atoms with Gasteiger partial charge in [0.15, 0.2) is 0 Å². The summed E-state index contributed by atoms with van der Waals surface area (Å²) in [7, 11) is 0. The van der Waals surface area contributed by atoms with Crippen molar-refractivity contribution in [3.05, 3.63) is 16.4 Å². The lowest BCUT2D eigenvalue weighted by Gasteiger charge is -2.24. The second kappa shape index (κ2) is 4.71. The van der Waals surface area contributed by atoms with E-state index in [0.29, 0.717) is 6.42 Å². The summed E-state index contributed by atoms with van der Waals surface area (Å²) in [5.41, 5.74) is -0.748. The van der Waals surface area contributed by atoms with Gasteiger partial charge in [-0.25, -0.2) is 9.59 Å². The van der Waals surface area contributed by atoms with Gasteiger partial charge in [0, 0.05) is 6.92 Å². The maximum atomic E-state index is 12.6. The molecule has 2 heterocycles. The molecule has 0 bridgehead atoms. The molecule has 1 atom stereocenters. The number of aromatic nitrogens is 2. The van der Waals surface area contributed by atoms with Crippen LogP contribution in [0.25, 0.3) is 0 Å². The first-order valence-corrected chi connectivity index (χ1v) is 7.16. The van der Waals surface area contributed by atoms with Gasteiger partial charge in [-0.05, 0) is 25.2 Å². The molecule has 0 radical (unpaired) electrons. The molecule has 1 aromatic heterocycles. The van der Waals surface area contributed by atoms with E-state index in [1.165, 1.54) is 4.90 Å². The summed E-state index contributed by atoms with van der Waals surface area (Å²) in [5, 5.41) is 6.73. The lowest BCUT2D eigenvalue weighted by molar-refractivity contribution is -0.132. The highest BCUT2D eigenvalue weighted by Crippen LogP contribution is 2.44. The predicted octanol–water partition coefficient (Wildman–Crippen LogP) is 0.255. The Hall–Kier alpha value is -2.12. The van der Waals surface area contributed by atoms with Crippen LogP contribution in [0.4, 0.5) is 4.79 Å². The largest absolute Gasteiger partial charge is 0.437 e. The number of aryl methyl sites for hydroxylation is 1. The molecule has 8 heteroatoms. The van der Waals surface area contributed by atoms with E-state index in [0.717, 1.165) is 17.5 Å². The van der Waals surface area contributed by atoms with E-state index in [1.54, 1.807) is 6.92 Å². The Labute approximate surface area is 121 Å². The Balaban J connectivity index is 1.74. The van der Waals surface area contributed by atoms with E-state index in [-0.39, 0.29) is 36.8 Å². The predicted molar refractivity (Wildman–Crippen MR) is 71.5 cm³/mol. The van der Waals surface area contributed by atoms with Crippen molar-refractivity contribution in [1.29, 1.82) is 0 Å². The Morgan fingerprint density at radius 2 is 2.05 bits per heavy atom. The molecule has 1 unspecified atom stereocenters. The summed E-state index contributed by atoms with van der Waals surface area (Å²) < 4.78 is 5.91. The molecule has 2 aliphatic rings. The van der Waals surface area contributed by atoms with Gasteiger partial charge in [0.1, 0.15) is 5.54 Å². The average Bonchev–Trinajstić information content (AvgIpc) is 3.19. The number of rotatable bonds is 5. The van der Waals surface area contributed by atoms with Gasteiger partial charge in [-0.3, -0.25) is 9.69 Å². The van der Waals surface area contributed by atoms with Crippen LogP contribution in [0.15, 0.2) is 9.21 Å². The van der Waals surface area contributed by atoms with Crippen LogP contribution >= 0.6 is 0 Å². The quantitative estimate of drug-likeness (QED) is 0.785. The molecule has 21 heavy (non-hydrogen) atoms. The summed E-state index contributed by atoms with van der Waals surface area (Å²) in [6.45, 7) is 3.73. The highest BCUT2D eigenvalue weighted by atomic mass is 16.4. The third-order valence-electron chi connectivity index (χ3n) is 4.28. The van der Waals surface area contributed by atoms with Crippen LogP contribution in [0.1, 0.15) is 32.1 Å². The van der Waals surface area contributed by atoms with Gasteiger partial charge < -0.3 is 9.73 Å². The number of urea groups is 1. The van der Waals surface area contributed by atoms with Gasteiger partial charge in [-0.15, -0.1) is 5.10 Å². The molecule has 114 valence electrons. The molecular formula is C13H18N4O4. The van der Waals surface area contributed by atoms with Crippen molar-refractivity contribution < 1.29 is 14.0 Å². The zero-order valence-electron chi connectivity index (χ0n) is 12.1. The van der Waals surface area contributed by atoms with E-state index in [1.807, 2.05) is 6.92 Å². The molecule has 1 saturated heterocycles. The first-order valence-electron chi connectivity index (χ1n) is 7.16. The maximum Gasteiger partial charge on any atom is 0.437 e. The molecule has 3 amide bonds. The van der Waals surface area contributed by atoms with Gasteiger partial charge in [-0.2, -0.15) is 4.68 Å². The summed E-state index contributed by atoms with van der Waals surface area (Å²) in [4.78, 5) is 37.3. The molecule has 1 aliphatic carbocycles. The molecule has 1 aromatic rings. The van der Waals surface area contributed by atoms with Gasteiger partial charge >= 0.3 is 11.8 Å². The number of nitrogens with zero attached hydrogens (tertiary/aromatic N) is 3. The zero-order valence-corrected chi connectivity index (χ0v) is 12.1. The third kappa shape index (κ3) is 2.14. The fourth-order valence-corrected chi connectivity index (χ4v) is 2.98. The molecule has 0 spiro atoms. The van der Waals surface area contributed by atoms with Crippen molar-refractivity contribution in [2.75, 3.05) is 6.54 Å². The third-order valence-corrected chi connectivity index (χ3v) is 4.28. The highest BCUT2D eigenvalue weighted by molar-refractivity contribution is 6.07. The Kier molecular flexibility index (Phi) is 3.11. The fraction of sp³-hybridized carbons (Fsp3) is 0.692. The SMILES string of the molecule is CCC1(C2CC2)NC(=O)N(CCn2nc(C)oc2=O)C1=O. The number of carbonyl (C=O) groups is 2. The van der Waals surface area contributed by atoms with Crippen molar-refractivity contribution in [2.45, 2.75) is 45.2 Å². The topological polar surface area (TPSA) is 97.4 Å². The number of nitrogens with one attached hydrogen (secondary N) is 1. The molecule has 1 saturated carbocycles. The zero-order chi connectivity index (χ0) is 15.2. The second-order valence-corrected chi connectivity index (χ2v) is 5.60.